The molecule has 1 nitrogen and oxygen atoms in total. The maximum atomic E-state index is 13.6. The van der Waals surface area contributed by atoms with E-state index in [0.717, 1.165) is 18.2 Å². The molecule has 0 amide bonds. The fourth-order valence-corrected chi connectivity index (χ4v) is 2.17. The summed E-state index contributed by atoms with van der Waals surface area (Å²) < 4.78 is 40.2. The molecule has 0 bridgehead atoms. The van der Waals surface area contributed by atoms with Crippen molar-refractivity contribution >= 4 is 15.9 Å². The van der Waals surface area contributed by atoms with Crippen molar-refractivity contribution in [2.24, 2.45) is 0 Å². The standard InChI is InChI=1S/C14H10BrF3O/c15-9-1-2-12(13(18)6-9)14(19)5-8-3-10(16)7-11(17)4-8/h1-4,6-7,14,19H,5H2. The average Bonchev–Trinajstić information content (AvgIpc) is 2.26. The Morgan fingerprint density at radius 3 is 2.21 bits per heavy atom. The Morgan fingerprint density at radius 2 is 1.63 bits per heavy atom. The summed E-state index contributed by atoms with van der Waals surface area (Å²) >= 11 is 3.11. The minimum atomic E-state index is -1.16. The van der Waals surface area contributed by atoms with Gasteiger partial charge in [0.25, 0.3) is 0 Å². The van der Waals surface area contributed by atoms with Crippen LogP contribution in [0.4, 0.5) is 13.2 Å². The molecular weight excluding hydrogens is 321 g/mol. The van der Waals surface area contributed by atoms with Gasteiger partial charge in [0, 0.05) is 22.5 Å². The molecule has 0 spiro atoms. The maximum absolute atomic E-state index is 13.6. The number of benzene rings is 2. The lowest BCUT2D eigenvalue weighted by molar-refractivity contribution is 0.173. The van der Waals surface area contributed by atoms with E-state index in [1.807, 2.05) is 0 Å². The first-order valence-corrected chi connectivity index (χ1v) is 6.33. The first-order chi connectivity index (χ1) is 8.95. The molecule has 0 saturated heterocycles. The lowest BCUT2D eigenvalue weighted by Gasteiger charge is -2.12. The molecule has 2 aromatic rings. The quantitative estimate of drug-likeness (QED) is 0.896. The summed E-state index contributed by atoms with van der Waals surface area (Å²) in [7, 11) is 0. The van der Waals surface area contributed by atoms with Crippen molar-refractivity contribution in [1.82, 2.24) is 0 Å². The monoisotopic (exact) mass is 330 g/mol. The molecule has 0 saturated carbocycles. The van der Waals surface area contributed by atoms with Gasteiger partial charge in [-0.1, -0.05) is 22.0 Å². The molecule has 0 aliphatic heterocycles. The van der Waals surface area contributed by atoms with Crippen LogP contribution >= 0.6 is 15.9 Å². The number of hydrogen-bond donors (Lipinski definition) is 1. The summed E-state index contributed by atoms with van der Waals surface area (Å²) in [6.45, 7) is 0. The van der Waals surface area contributed by atoms with Crippen molar-refractivity contribution in [2.75, 3.05) is 0 Å². The van der Waals surface area contributed by atoms with E-state index in [1.165, 1.54) is 12.1 Å². The summed E-state index contributed by atoms with van der Waals surface area (Å²) in [6.07, 6.45) is -1.22. The minimum absolute atomic E-state index is 0.0623. The molecule has 0 aliphatic carbocycles. The third kappa shape index (κ3) is 3.58. The number of hydrogen-bond acceptors (Lipinski definition) is 1. The molecule has 5 heteroatoms. The van der Waals surface area contributed by atoms with Crippen LogP contribution in [0.15, 0.2) is 40.9 Å². The van der Waals surface area contributed by atoms with Gasteiger partial charge in [-0.15, -0.1) is 0 Å². The van der Waals surface area contributed by atoms with Gasteiger partial charge in [-0.25, -0.2) is 13.2 Å². The molecule has 19 heavy (non-hydrogen) atoms. The van der Waals surface area contributed by atoms with E-state index < -0.39 is 23.6 Å². The molecule has 100 valence electrons. The van der Waals surface area contributed by atoms with Crippen LogP contribution in [0.3, 0.4) is 0 Å². The summed E-state index contributed by atoms with van der Waals surface area (Å²) in [5.41, 5.74) is 0.361. The first-order valence-electron chi connectivity index (χ1n) is 5.53. The normalized spacial score (nSPS) is 12.5. The fraction of sp³-hybridized carbons (Fsp3) is 0.143. The van der Waals surface area contributed by atoms with Crippen LogP contribution in [0.5, 0.6) is 0 Å². The van der Waals surface area contributed by atoms with Crippen LogP contribution < -0.4 is 0 Å². The lowest BCUT2D eigenvalue weighted by Crippen LogP contribution is -2.05. The Balaban J connectivity index is 2.22. The lowest BCUT2D eigenvalue weighted by atomic mass is 10.0. The van der Waals surface area contributed by atoms with Crippen LogP contribution in [-0.2, 0) is 6.42 Å². The third-order valence-corrected chi connectivity index (χ3v) is 3.17. The predicted octanol–water partition coefficient (Wildman–Crippen LogP) is 4.14. The van der Waals surface area contributed by atoms with Crippen molar-refractivity contribution in [3.8, 4) is 0 Å². The molecule has 0 aromatic heterocycles. The molecule has 1 atom stereocenters. The van der Waals surface area contributed by atoms with Gasteiger partial charge in [-0.3, -0.25) is 0 Å². The highest BCUT2D eigenvalue weighted by molar-refractivity contribution is 9.10. The van der Waals surface area contributed by atoms with Gasteiger partial charge in [0.1, 0.15) is 17.5 Å². The van der Waals surface area contributed by atoms with Gasteiger partial charge in [0.15, 0.2) is 0 Å². The zero-order valence-corrected chi connectivity index (χ0v) is 11.3. The Hall–Kier alpha value is -1.33. The molecule has 0 radical (unpaired) electrons. The van der Waals surface area contributed by atoms with Crippen LogP contribution in [0.1, 0.15) is 17.2 Å². The predicted molar refractivity (Wildman–Crippen MR) is 69.1 cm³/mol. The van der Waals surface area contributed by atoms with Crippen molar-refractivity contribution in [3.63, 3.8) is 0 Å². The SMILES string of the molecule is OC(Cc1cc(F)cc(F)c1)c1ccc(Br)cc1F. The topological polar surface area (TPSA) is 20.2 Å². The second-order valence-electron chi connectivity index (χ2n) is 4.16. The summed E-state index contributed by atoms with van der Waals surface area (Å²) in [5.74, 6) is -2.02. The smallest absolute Gasteiger partial charge is 0.130 e. The van der Waals surface area contributed by atoms with Crippen molar-refractivity contribution in [3.05, 3.63) is 69.4 Å². The van der Waals surface area contributed by atoms with E-state index in [4.69, 9.17) is 0 Å². The van der Waals surface area contributed by atoms with Gasteiger partial charge in [-0.05, 0) is 29.8 Å². The third-order valence-electron chi connectivity index (χ3n) is 2.67. The second-order valence-corrected chi connectivity index (χ2v) is 5.08. The van der Waals surface area contributed by atoms with Crippen LogP contribution in [0.2, 0.25) is 0 Å². The van der Waals surface area contributed by atoms with Crippen LogP contribution in [0.25, 0.3) is 0 Å². The Morgan fingerprint density at radius 1 is 1.00 bits per heavy atom. The molecule has 2 aromatic carbocycles. The molecular formula is C14H10BrF3O. The average molecular weight is 331 g/mol. The van der Waals surface area contributed by atoms with E-state index in [9.17, 15) is 18.3 Å². The zero-order chi connectivity index (χ0) is 14.0. The number of aliphatic hydroxyl groups is 1. The van der Waals surface area contributed by atoms with Crippen LogP contribution in [-0.4, -0.2) is 5.11 Å². The number of halogens is 4. The van der Waals surface area contributed by atoms with Gasteiger partial charge >= 0.3 is 0 Å². The van der Waals surface area contributed by atoms with Gasteiger partial charge in [-0.2, -0.15) is 0 Å². The molecule has 0 fully saturated rings. The van der Waals surface area contributed by atoms with Gasteiger partial charge in [0.2, 0.25) is 0 Å². The van der Waals surface area contributed by atoms with E-state index in [2.05, 4.69) is 15.9 Å². The molecule has 1 N–H and O–H groups in total. The minimum Gasteiger partial charge on any atom is -0.388 e. The molecule has 0 heterocycles. The Labute approximate surface area is 116 Å². The number of rotatable bonds is 3. The van der Waals surface area contributed by atoms with E-state index >= 15 is 0 Å². The van der Waals surface area contributed by atoms with Crippen molar-refractivity contribution < 1.29 is 18.3 Å². The van der Waals surface area contributed by atoms with E-state index in [1.54, 1.807) is 6.07 Å². The van der Waals surface area contributed by atoms with Gasteiger partial charge < -0.3 is 5.11 Å². The fourth-order valence-electron chi connectivity index (χ4n) is 1.83. The summed E-state index contributed by atoms with van der Waals surface area (Å²) in [5, 5.41) is 9.93. The number of aliphatic hydroxyl groups excluding tert-OH is 1. The first kappa shape index (κ1) is 14.1. The van der Waals surface area contributed by atoms with Crippen LogP contribution in [0, 0.1) is 17.5 Å². The van der Waals surface area contributed by atoms with Gasteiger partial charge in [0.05, 0.1) is 6.10 Å². The van der Waals surface area contributed by atoms with Crippen molar-refractivity contribution in [2.45, 2.75) is 12.5 Å². The highest BCUT2D eigenvalue weighted by Crippen LogP contribution is 2.24. The summed E-state index contributed by atoms with van der Waals surface area (Å²) in [4.78, 5) is 0. The maximum Gasteiger partial charge on any atom is 0.130 e. The molecule has 1 unspecified atom stereocenters. The van der Waals surface area contributed by atoms with E-state index in [0.29, 0.717) is 4.47 Å². The Kier molecular flexibility index (Phi) is 4.27. The highest BCUT2D eigenvalue weighted by Gasteiger charge is 2.14. The summed E-state index contributed by atoms with van der Waals surface area (Å²) in [6, 6.07) is 7.22. The highest BCUT2D eigenvalue weighted by atomic mass is 79.9. The molecule has 2 rings (SSSR count). The van der Waals surface area contributed by atoms with E-state index in [-0.39, 0.29) is 17.5 Å². The Bertz CT molecular complexity index is 581. The van der Waals surface area contributed by atoms with Crippen molar-refractivity contribution in [1.29, 1.82) is 0 Å². The second kappa shape index (κ2) is 5.75. The largest absolute Gasteiger partial charge is 0.388 e. The molecule has 0 aliphatic rings. The zero-order valence-electron chi connectivity index (χ0n) is 9.71.